The van der Waals surface area contributed by atoms with E-state index in [1.165, 1.54) is 0 Å². The fourth-order valence-corrected chi connectivity index (χ4v) is 4.42. The zero-order valence-electron chi connectivity index (χ0n) is 16.9. The number of nitrogens with one attached hydrogen (secondary N) is 1. The van der Waals surface area contributed by atoms with Crippen molar-refractivity contribution < 1.29 is 9.59 Å². The summed E-state index contributed by atoms with van der Waals surface area (Å²) in [5, 5.41) is 8.07. The van der Waals surface area contributed by atoms with Gasteiger partial charge in [0.2, 0.25) is 5.91 Å². The minimum absolute atomic E-state index is 0.0569. The molecule has 3 N–H and O–H groups in total. The average Bonchev–Trinajstić information content (AvgIpc) is 3.21. The Morgan fingerprint density at radius 3 is 2.55 bits per heavy atom. The van der Waals surface area contributed by atoms with Gasteiger partial charge in [-0.1, -0.05) is 13.0 Å². The monoisotopic (exact) mass is 397 g/mol. The number of piperidine rings is 1. The molecule has 2 aliphatic rings. The maximum absolute atomic E-state index is 12.8. The highest BCUT2D eigenvalue weighted by Crippen LogP contribution is 2.25. The number of urea groups is 1. The number of amides is 3. The summed E-state index contributed by atoms with van der Waals surface area (Å²) in [5.41, 5.74) is 7.49. The maximum Gasteiger partial charge on any atom is 0.314 e. The minimum Gasteiger partial charge on any atom is -0.351 e. The number of aromatic nitrogens is 2. The Hall–Kier alpha value is -2.61. The van der Waals surface area contributed by atoms with E-state index in [1.807, 2.05) is 23.5 Å². The summed E-state index contributed by atoms with van der Waals surface area (Å²) in [4.78, 5) is 30.2. The summed E-state index contributed by atoms with van der Waals surface area (Å²) in [6.45, 7) is 6.74. The minimum atomic E-state index is -0.332. The number of aromatic amines is 1. The first-order valence-corrected chi connectivity index (χ1v) is 10.4. The third-order valence-electron chi connectivity index (χ3n) is 6.30. The number of hydrogen-bond acceptors (Lipinski definition) is 4. The van der Waals surface area contributed by atoms with E-state index in [2.05, 4.69) is 28.1 Å². The normalized spacial score (nSPS) is 20.2. The molecule has 0 spiro atoms. The zero-order chi connectivity index (χ0) is 20.4. The topological polar surface area (TPSA) is 98.6 Å². The molecule has 1 aromatic carbocycles. The van der Waals surface area contributed by atoms with Crippen molar-refractivity contribution in [3.63, 3.8) is 0 Å². The molecule has 3 heterocycles. The predicted octanol–water partition coefficient (Wildman–Crippen LogP) is 1.56. The molecule has 155 valence electrons. The molecule has 0 saturated carbocycles. The highest BCUT2D eigenvalue weighted by molar-refractivity contribution is 5.86. The molecule has 8 nitrogen and oxygen atoms in total. The molecule has 1 atom stereocenters. The summed E-state index contributed by atoms with van der Waals surface area (Å²) in [5.74, 6) is 0.170. The van der Waals surface area contributed by atoms with Gasteiger partial charge in [-0.3, -0.25) is 14.8 Å². The lowest BCUT2D eigenvalue weighted by Crippen LogP contribution is -2.55. The van der Waals surface area contributed by atoms with E-state index in [0.717, 1.165) is 55.5 Å². The molecule has 29 heavy (non-hydrogen) atoms. The van der Waals surface area contributed by atoms with Crippen molar-refractivity contribution in [1.29, 1.82) is 0 Å². The van der Waals surface area contributed by atoms with Gasteiger partial charge in [-0.15, -0.1) is 0 Å². The smallest absolute Gasteiger partial charge is 0.314 e. The highest BCUT2D eigenvalue weighted by atomic mass is 16.2. The molecule has 8 heteroatoms. The van der Waals surface area contributed by atoms with Crippen LogP contribution in [0.3, 0.4) is 0 Å². The standard InChI is InChI=1S/C21H29N6O2/c1-15(16-2-3-19-17(13-16)14-23-24-19)12-20(28)26-6-4-18(5-7-26)25-8-10-27(11-9-25)21(22)29/h2-3,12-15,18H,4-11H2,1H3,(H2,22,29)(H,23,24). The third kappa shape index (κ3) is 4.37. The van der Waals surface area contributed by atoms with Gasteiger partial charge >= 0.3 is 6.03 Å². The van der Waals surface area contributed by atoms with Crippen LogP contribution in [0.4, 0.5) is 4.79 Å². The lowest BCUT2D eigenvalue weighted by atomic mass is 9.95. The Morgan fingerprint density at radius 2 is 1.86 bits per heavy atom. The van der Waals surface area contributed by atoms with Crippen LogP contribution in [0.15, 0.2) is 24.4 Å². The van der Waals surface area contributed by atoms with Gasteiger partial charge in [0, 0.05) is 50.7 Å². The summed E-state index contributed by atoms with van der Waals surface area (Å²) < 4.78 is 0. The molecule has 1 radical (unpaired) electrons. The number of hydrogen-bond donors (Lipinski definition) is 2. The molecule has 4 rings (SSSR count). The Labute approximate surface area is 171 Å². The number of H-pyrrole nitrogens is 1. The number of piperazine rings is 1. The Kier molecular flexibility index (Phi) is 5.71. The zero-order valence-corrected chi connectivity index (χ0v) is 16.9. The fraction of sp³-hybridized carbons (Fsp3) is 0.524. The lowest BCUT2D eigenvalue weighted by Gasteiger charge is -2.42. The number of carbonyl (C=O) groups excluding carboxylic acids is 2. The van der Waals surface area contributed by atoms with Gasteiger partial charge in [-0.25, -0.2) is 4.79 Å². The van der Waals surface area contributed by atoms with Gasteiger partial charge in [0.25, 0.3) is 0 Å². The Bertz CT molecular complexity index is 865. The van der Waals surface area contributed by atoms with Gasteiger partial charge < -0.3 is 15.5 Å². The number of carbonyl (C=O) groups is 2. The second kappa shape index (κ2) is 8.41. The quantitative estimate of drug-likeness (QED) is 0.818. The summed E-state index contributed by atoms with van der Waals surface area (Å²) >= 11 is 0. The van der Waals surface area contributed by atoms with Crippen molar-refractivity contribution in [2.75, 3.05) is 39.3 Å². The second-order valence-electron chi connectivity index (χ2n) is 8.09. The van der Waals surface area contributed by atoms with E-state index < -0.39 is 0 Å². The van der Waals surface area contributed by atoms with Crippen molar-refractivity contribution in [2.24, 2.45) is 5.73 Å². The largest absolute Gasteiger partial charge is 0.351 e. The molecular formula is C21H29N6O2. The van der Waals surface area contributed by atoms with Gasteiger partial charge in [0.05, 0.1) is 18.1 Å². The van der Waals surface area contributed by atoms with Gasteiger partial charge in [-0.05, 0) is 36.5 Å². The highest BCUT2D eigenvalue weighted by Gasteiger charge is 2.30. The number of primary amides is 1. The molecule has 1 unspecified atom stereocenters. The van der Waals surface area contributed by atoms with E-state index in [4.69, 9.17) is 5.73 Å². The number of rotatable bonds is 4. The van der Waals surface area contributed by atoms with Crippen LogP contribution in [0.5, 0.6) is 0 Å². The first-order chi connectivity index (χ1) is 14.0. The van der Waals surface area contributed by atoms with Gasteiger partial charge in [0.1, 0.15) is 0 Å². The van der Waals surface area contributed by atoms with Crippen LogP contribution in [0.2, 0.25) is 0 Å². The van der Waals surface area contributed by atoms with E-state index in [-0.39, 0.29) is 17.9 Å². The number of nitrogens with zero attached hydrogens (tertiary/aromatic N) is 4. The molecule has 2 aromatic rings. The van der Waals surface area contributed by atoms with Crippen molar-refractivity contribution in [3.8, 4) is 0 Å². The van der Waals surface area contributed by atoms with Crippen LogP contribution in [0.1, 0.15) is 31.2 Å². The molecule has 1 aromatic heterocycles. The van der Waals surface area contributed by atoms with Gasteiger partial charge in [-0.2, -0.15) is 5.10 Å². The molecule has 2 fully saturated rings. The molecule has 0 bridgehead atoms. The third-order valence-corrected chi connectivity index (χ3v) is 6.30. The summed E-state index contributed by atoms with van der Waals surface area (Å²) in [6.07, 6.45) is 5.59. The van der Waals surface area contributed by atoms with E-state index in [1.54, 1.807) is 11.1 Å². The Balaban J connectivity index is 1.26. The molecule has 0 aliphatic carbocycles. The van der Waals surface area contributed by atoms with Crippen molar-refractivity contribution >= 4 is 22.8 Å². The summed E-state index contributed by atoms with van der Waals surface area (Å²) in [6, 6.07) is 6.30. The van der Waals surface area contributed by atoms with Crippen molar-refractivity contribution in [1.82, 2.24) is 24.9 Å². The van der Waals surface area contributed by atoms with Crippen LogP contribution >= 0.6 is 0 Å². The Morgan fingerprint density at radius 1 is 1.14 bits per heavy atom. The van der Waals surface area contributed by atoms with E-state index in [0.29, 0.717) is 19.1 Å². The van der Waals surface area contributed by atoms with Crippen LogP contribution in [0.25, 0.3) is 10.9 Å². The average molecular weight is 398 g/mol. The molecular weight excluding hydrogens is 368 g/mol. The first-order valence-electron chi connectivity index (χ1n) is 10.4. The van der Waals surface area contributed by atoms with Crippen LogP contribution in [-0.2, 0) is 4.79 Å². The summed E-state index contributed by atoms with van der Waals surface area (Å²) in [7, 11) is 0. The lowest BCUT2D eigenvalue weighted by molar-refractivity contribution is -0.129. The fourth-order valence-electron chi connectivity index (χ4n) is 4.42. The predicted molar refractivity (Wildman–Crippen MR) is 111 cm³/mol. The number of nitrogens with two attached hydrogens (primary N) is 1. The first kappa shape index (κ1) is 19.7. The number of fused-ring (bicyclic) bond motifs is 1. The van der Waals surface area contributed by atoms with E-state index >= 15 is 0 Å². The second-order valence-corrected chi connectivity index (χ2v) is 8.09. The SMILES string of the molecule is CC([CH]C(=O)N1CCC(N2CCN(C(N)=O)CC2)CC1)c1ccc2[nH]ncc2c1. The van der Waals surface area contributed by atoms with Crippen LogP contribution in [0, 0.1) is 6.42 Å². The van der Waals surface area contributed by atoms with Crippen LogP contribution < -0.4 is 5.73 Å². The number of benzene rings is 1. The van der Waals surface area contributed by atoms with Gasteiger partial charge in [0.15, 0.2) is 0 Å². The van der Waals surface area contributed by atoms with E-state index in [9.17, 15) is 9.59 Å². The van der Waals surface area contributed by atoms with Crippen molar-refractivity contribution in [2.45, 2.75) is 31.7 Å². The van der Waals surface area contributed by atoms with Crippen molar-refractivity contribution in [3.05, 3.63) is 36.4 Å². The van der Waals surface area contributed by atoms with Crippen LogP contribution in [-0.4, -0.2) is 82.1 Å². The molecule has 3 amide bonds. The molecule has 2 saturated heterocycles. The number of likely N-dealkylation sites (tertiary alicyclic amines) is 1. The maximum atomic E-state index is 12.8. The molecule has 2 aliphatic heterocycles.